The Bertz CT molecular complexity index is 3020. The Hall–Kier alpha value is -7.68. The Morgan fingerprint density at radius 1 is 0.487 bits per heavy atom. The van der Waals surface area contributed by atoms with E-state index in [1.807, 2.05) is 71.8 Å². The molecule has 0 atom stereocenters. The number of rotatable bonds is 6. The van der Waals surface area contributed by atoms with Gasteiger partial charge in [0.2, 0.25) is 0 Å². The Kier molecular flexibility index (Phi) is 20.1. The van der Waals surface area contributed by atoms with Gasteiger partial charge in [-0.25, -0.2) is 0 Å². The Morgan fingerprint density at radius 2 is 0.859 bits per heavy atom. The van der Waals surface area contributed by atoms with Crippen LogP contribution >= 0.6 is 0 Å². The number of nitrogens with zero attached hydrogens (tertiary/aromatic N) is 14. The molecule has 10 rings (SSSR count). The van der Waals surface area contributed by atoms with Gasteiger partial charge in [-0.1, -0.05) is 59.2 Å². The van der Waals surface area contributed by atoms with Gasteiger partial charge in [0.1, 0.15) is 23.0 Å². The van der Waals surface area contributed by atoms with Crippen molar-refractivity contribution in [2.75, 3.05) is 23.9 Å². The minimum Gasteiger partial charge on any atom is -0.573 e. The fraction of sp³-hybridized carbons (Fsp3) is 0.125. The number of hydrogen-bond donors (Lipinski definition) is 0. The standard InChI is InChI=1S/2C14H5F6N5.2C10H9FN2.2Ir/c2*15-13(16,17)11-4-10(24-25-11)9-3-1-2-8(23-9)7-5-21-12(22-6-7)14(18,19)20;2*1-12-6-7-13(8-12)10-4-2-9(11)3-5-10;;/h2*1-5H;2*2-4,6-8H,1H3;;/q4*-2;;. The Balaban J connectivity index is 0.000000198. The van der Waals surface area contributed by atoms with Gasteiger partial charge in [-0.2, -0.15) is 78.2 Å². The molecule has 0 fully saturated rings. The molecule has 8 aromatic rings. The fourth-order valence-electron chi connectivity index (χ4n) is 5.99. The van der Waals surface area contributed by atoms with Gasteiger partial charge >= 0.3 is 24.7 Å². The number of halogens is 14. The van der Waals surface area contributed by atoms with E-state index < -0.39 is 47.7 Å². The van der Waals surface area contributed by atoms with Crippen LogP contribution in [0.2, 0.25) is 0 Å². The molecule has 6 aromatic heterocycles. The van der Waals surface area contributed by atoms with Crippen molar-refractivity contribution >= 4 is 11.4 Å². The average molecular weight is 1450 g/mol. The van der Waals surface area contributed by atoms with Crippen LogP contribution in [0.1, 0.15) is 23.0 Å². The van der Waals surface area contributed by atoms with E-state index >= 15 is 0 Å². The third kappa shape index (κ3) is 16.7. The number of aromatic nitrogens is 10. The Labute approximate surface area is 459 Å². The molecular formula is C48H28F14Ir2N14-8. The summed E-state index contributed by atoms with van der Waals surface area (Å²) in [5.74, 6) is -3.24. The average Bonchev–Trinajstić information content (AvgIpc) is 4.24. The van der Waals surface area contributed by atoms with E-state index in [-0.39, 0.29) is 97.1 Å². The number of alkyl halides is 12. The first-order valence-electron chi connectivity index (χ1n) is 21.0. The molecule has 2 aliphatic heterocycles. The van der Waals surface area contributed by atoms with Gasteiger partial charge in [0.25, 0.3) is 0 Å². The summed E-state index contributed by atoms with van der Waals surface area (Å²) in [5, 5.41) is 12.9. The molecule has 0 saturated carbocycles. The molecule has 2 aromatic carbocycles. The van der Waals surface area contributed by atoms with Crippen LogP contribution in [0.3, 0.4) is 0 Å². The van der Waals surface area contributed by atoms with E-state index in [0.29, 0.717) is 0 Å². The largest absolute Gasteiger partial charge is 0.573 e. The molecule has 0 bridgehead atoms. The smallest absolute Gasteiger partial charge is 0.431 e. The minimum absolute atomic E-state index is 0. The summed E-state index contributed by atoms with van der Waals surface area (Å²) in [6.45, 7) is 3.79. The molecule has 0 saturated heterocycles. The molecule has 2 aliphatic rings. The first kappa shape index (κ1) is 61.2. The van der Waals surface area contributed by atoms with Crippen molar-refractivity contribution in [1.29, 1.82) is 0 Å². The zero-order valence-electron chi connectivity index (χ0n) is 38.9. The zero-order chi connectivity index (χ0) is 55.0. The van der Waals surface area contributed by atoms with E-state index in [1.54, 1.807) is 12.1 Å². The van der Waals surface area contributed by atoms with E-state index in [1.165, 1.54) is 60.7 Å². The maximum absolute atomic E-state index is 12.6. The molecule has 0 aliphatic carbocycles. The van der Waals surface area contributed by atoms with Gasteiger partial charge in [0.15, 0.2) is 0 Å². The van der Waals surface area contributed by atoms with Crippen molar-refractivity contribution in [2.45, 2.75) is 24.7 Å². The first-order valence-corrected chi connectivity index (χ1v) is 21.0. The second kappa shape index (κ2) is 25.6. The summed E-state index contributed by atoms with van der Waals surface area (Å²) in [7, 11) is 3.86. The summed E-state index contributed by atoms with van der Waals surface area (Å²) in [6, 6.07) is 24.5. The number of anilines is 2. The number of pyridine rings is 2. The van der Waals surface area contributed by atoms with Gasteiger partial charge in [0.05, 0.1) is 0 Å². The monoisotopic (exact) mass is 1450 g/mol. The predicted octanol–water partition coefficient (Wildman–Crippen LogP) is 10.7. The molecule has 0 spiro atoms. The molecule has 78 heavy (non-hydrogen) atoms. The fourth-order valence-corrected chi connectivity index (χ4v) is 5.99. The van der Waals surface area contributed by atoms with Crippen LogP contribution in [-0.4, -0.2) is 64.0 Å². The van der Waals surface area contributed by atoms with Crippen molar-refractivity contribution < 1.29 is 102 Å². The summed E-state index contributed by atoms with van der Waals surface area (Å²) in [5.41, 5.74) is -0.435. The maximum atomic E-state index is 12.6. The second-order valence-electron chi connectivity index (χ2n) is 15.2. The quantitative estimate of drug-likeness (QED) is 0.115. The van der Waals surface area contributed by atoms with Crippen LogP contribution in [0, 0.1) is 49.5 Å². The normalized spacial score (nSPS) is 13.1. The molecular weight excluding hydrogens is 1420 g/mol. The first-order chi connectivity index (χ1) is 35.8. The second-order valence-corrected chi connectivity index (χ2v) is 15.2. The van der Waals surface area contributed by atoms with Gasteiger partial charge < -0.3 is 59.9 Å². The van der Waals surface area contributed by atoms with Gasteiger partial charge in [-0.15, -0.1) is 47.8 Å². The molecule has 30 heteroatoms. The van der Waals surface area contributed by atoms with Gasteiger partial charge in [-0.3, -0.25) is 18.7 Å². The number of benzene rings is 2. The van der Waals surface area contributed by atoms with Gasteiger partial charge in [-0.05, 0) is 86.9 Å². The van der Waals surface area contributed by atoms with E-state index in [9.17, 15) is 61.5 Å². The molecule has 0 N–H and O–H groups in total. The van der Waals surface area contributed by atoms with E-state index in [0.717, 1.165) is 35.9 Å². The van der Waals surface area contributed by atoms with Crippen molar-refractivity contribution in [3.8, 4) is 45.3 Å². The molecule has 414 valence electrons. The summed E-state index contributed by atoms with van der Waals surface area (Å²) in [6.07, 6.45) is -5.02. The van der Waals surface area contributed by atoms with Crippen molar-refractivity contribution in [3.05, 3.63) is 195 Å². The SMILES string of the molecule is CN1C=CN(c2[c-]cc(F)cc2)[CH-]1.CN1C=CN(c2[c-]cc(F)cc2)[CH-]1.FC(F)(F)c1cc(-c2cccc(-c3[c-]nc(C(F)(F)F)nc3)n2)[n-]n1.FC(F)(F)c1cc(-c2cccc(-c3[c-]nc(C(F)(F)F)nc3)n2)[n-]n1.[Ir].[Ir]. The van der Waals surface area contributed by atoms with Crippen molar-refractivity contribution in [1.82, 2.24) is 60.1 Å². The van der Waals surface area contributed by atoms with Gasteiger partial charge in [0, 0.05) is 63.2 Å². The van der Waals surface area contributed by atoms with Crippen molar-refractivity contribution in [3.63, 3.8) is 0 Å². The van der Waals surface area contributed by atoms with Crippen LogP contribution in [0.25, 0.3) is 45.3 Å². The predicted molar refractivity (Wildman–Crippen MR) is 239 cm³/mol. The number of hydrogen-bond acceptors (Lipinski definition) is 12. The molecule has 14 nitrogen and oxygen atoms in total. The maximum Gasteiger partial charge on any atom is 0.431 e. The Morgan fingerprint density at radius 3 is 1.13 bits per heavy atom. The molecule has 8 heterocycles. The zero-order valence-corrected chi connectivity index (χ0v) is 43.7. The molecule has 0 amide bonds. The topological polar surface area (TPSA) is 144 Å². The van der Waals surface area contributed by atoms with Crippen molar-refractivity contribution in [2.24, 2.45) is 0 Å². The van der Waals surface area contributed by atoms with E-state index in [4.69, 9.17) is 0 Å². The summed E-state index contributed by atoms with van der Waals surface area (Å²) >= 11 is 0. The van der Waals surface area contributed by atoms with E-state index in [2.05, 4.69) is 74.8 Å². The van der Waals surface area contributed by atoms with Crippen LogP contribution in [0.4, 0.5) is 72.8 Å². The third-order valence-corrected chi connectivity index (χ3v) is 9.55. The van der Waals surface area contributed by atoms with Crippen LogP contribution in [-0.2, 0) is 64.9 Å². The van der Waals surface area contributed by atoms with Crippen LogP contribution < -0.4 is 20.0 Å². The summed E-state index contributed by atoms with van der Waals surface area (Å²) < 4.78 is 175. The van der Waals surface area contributed by atoms with Crippen LogP contribution in [0.5, 0.6) is 0 Å². The minimum atomic E-state index is -4.71. The summed E-state index contributed by atoms with van der Waals surface area (Å²) in [4.78, 5) is 28.2. The molecule has 0 unspecified atom stereocenters. The van der Waals surface area contributed by atoms with Crippen LogP contribution in [0.15, 0.2) is 122 Å². The molecule has 2 radical (unpaired) electrons. The third-order valence-electron chi connectivity index (χ3n) is 9.55.